The van der Waals surface area contributed by atoms with E-state index in [2.05, 4.69) is 36.7 Å². The van der Waals surface area contributed by atoms with E-state index in [1.165, 1.54) is 0 Å². The Kier molecular flexibility index (Phi) is 14.0. The van der Waals surface area contributed by atoms with Crippen LogP contribution in [0, 0.1) is 5.41 Å². The van der Waals surface area contributed by atoms with Gasteiger partial charge in [-0.1, -0.05) is 13.8 Å². The second-order valence-corrected chi connectivity index (χ2v) is 9.21. The lowest BCUT2D eigenvalue weighted by Gasteiger charge is -2.32. The highest BCUT2D eigenvalue weighted by molar-refractivity contribution is 14.0. The summed E-state index contributed by atoms with van der Waals surface area (Å²) >= 11 is 0. The first-order chi connectivity index (χ1) is 13.7. The second kappa shape index (κ2) is 14.3. The zero-order valence-electron chi connectivity index (χ0n) is 19.8. The number of aliphatic hydroxyl groups is 1. The van der Waals surface area contributed by atoms with E-state index in [1.54, 1.807) is 0 Å². The Bertz CT molecular complexity index is 511. The van der Waals surface area contributed by atoms with Gasteiger partial charge < -0.3 is 25.8 Å². The van der Waals surface area contributed by atoms with Crippen molar-refractivity contribution in [3.05, 3.63) is 0 Å². The molecule has 7 nitrogen and oxygen atoms in total. The van der Waals surface area contributed by atoms with Crippen molar-refractivity contribution in [2.45, 2.75) is 104 Å². The fraction of sp³-hybridized carbons (Fsp3) is 0.909. The fourth-order valence-electron chi connectivity index (χ4n) is 3.76. The standard InChI is InChI=1S/C22H44N4O3.HI/c1-7-22(8-2,14-15-27)16-24-19(23-9-3)25-17-10-12-18(13-11-17)26-20(28)29-21(4,5)6;/h17-18,27H,7-16H2,1-6H3,(H,26,28)(H2,23,24,25);1H. The number of guanidine groups is 1. The van der Waals surface area contributed by atoms with E-state index in [0.29, 0.717) is 12.6 Å². The van der Waals surface area contributed by atoms with Gasteiger partial charge in [0, 0.05) is 31.8 Å². The number of nitrogens with zero attached hydrogens (tertiary/aromatic N) is 1. The van der Waals surface area contributed by atoms with Crippen LogP contribution in [-0.2, 0) is 4.74 Å². The molecule has 0 aliphatic heterocycles. The summed E-state index contributed by atoms with van der Waals surface area (Å²) in [6, 6.07) is 0.514. The van der Waals surface area contributed by atoms with Crippen LogP contribution < -0.4 is 16.0 Å². The molecule has 0 saturated heterocycles. The van der Waals surface area contributed by atoms with Gasteiger partial charge in [0.25, 0.3) is 0 Å². The molecule has 178 valence electrons. The molecule has 0 atom stereocenters. The van der Waals surface area contributed by atoms with Gasteiger partial charge in [0.15, 0.2) is 5.96 Å². The number of halogens is 1. The van der Waals surface area contributed by atoms with Gasteiger partial charge in [-0.05, 0) is 78.1 Å². The maximum absolute atomic E-state index is 12.0. The van der Waals surface area contributed by atoms with Gasteiger partial charge in [-0.25, -0.2) is 4.79 Å². The van der Waals surface area contributed by atoms with Crippen LogP contribution in [0.15, 0.2) is 4.99 Å². The van der Waals surface area contributed by atoms with E-state index in [1.807, 2.05) is 20.8 Å². The zero-order chi connectivity index (χ0) is 21.9. The summed E-state index contributed by atoms with van der Waals surface area (Å²) in [5.74, 6) is 0.847. The van der Waals surface area contributed by atoms with Crippen LogP contribution in [0.3, 0.4) is 0 Å². The molecule has 0 aromatic rings. The molecule has 0 spiro atoms. The Morgan fingerprint density at radius 2 is 1.57 bits per heavy atom. The molecule has 0 bridgehead atoms. The number of aliphatic hydroxyl groups excluding tert-OH is 1. The molecular formula is C22H45IN4O3. The highest BCUT2D eigenvalue weighted by Gasteiger charge is 2.27. The second-order valence-electron chi connectivity index (χ2n) is 9.21. The third-order valence-corrected chi connectivity index (χ3v) is 5.85. The van der Waals surface area contributed by atoms with Crippen molar-refractivity contribution in [1.29, 1.82) is 0 Å². The van der Waals surface area contributed by atoms with Gasteiger partial charge in [0.05, 0.1) is 0 Å². The van der Waals surface area contributed by atoms with Crippen LogP contribution in [0.1, 0.15) is 86.5 Å². The maximum atomic E-state index is 12.0. The van der Waals surface area contributed by atoms with Crippen molar-refractivity contribution in [3.63, 3.8) is 0 Å². The number of hydrogen-bond donors (Lipinski definition) is 4. The van der Waals surface area contributed by atoms with E-state index in [9.17, 15) is 9.90 Å². The lowest BCUT2D eigenvalue weighted by atomic mass is 9.79. The number of carbonyl (C=O) groups is 1. The molecular weight excluding hydrogens is 495 g/mol. The molecule has 0 unspecified atom stereocenters. The third kappa shape index (κ3) is 11.0. The average Bonchev–Trinajstić information content (AvgIpc) is 2.65. The number of amides is 1. The van der Waals surface area contributed by atoms with Crippen molar-refractivity contribution < 1.29 is 14.6 Å². The Morgan fingerprint density at radius 3 is 2.00 bits per heavy atom. The van der Waals surface area contributed by atoms with Crippen molar-refractivity contribution in [1.82, 2.24) is 16.0 Å². The molecule has 0 heterocycles. The molecule has 30 heavy (non-hydrogen) atoms. The highest BCUT2D eigenvalue weighted by atomic mass is 127. The zero-order valence-corrected chi connectivity index (χ0v) is 22.2. The minimum Gasteiger partial charge on any atom is -0.444 e. The number of nitrogens with one attached hydrogen (secondary N) is 3. The Balaban J connectivity index is 0.00000841. The maximum Gasteiger partial charge on any atom is 0.407 e. The fourth-order valence-corrected chi connectivity index (χ4v) is 3.76. The van der Waals surface area contributed by atoms with Crippen LogP contribution in [0.25, 0.3) is 0 Å². The lowest BCUT2D eigenvalue weighted by molar-refractivity contribution is 0.0490. The normalized spacial score (nSPS) is 20.2. The summed E-state index contributed by atoms with van der Waals surface area (Å²) in [6.45, 7) is 13.8. The van der Waals surface area contributed by atoms with Crippen molar-refractivity contribution in [2.75, 3.05) is 19.7 Å². The summed E-state index contributed by atoms with van der Waals surface area (Å²) in [6.07, 6.45) is 6.28. The molecule has 0 aromatic heterocycles. The molecule has 1 aliphatic rings. The first-order valence-electron chi connectivity index (χ1n) is 11.3. The molecule has 1 fully saturated rings. The number of alkyl carbamates (subject to hydrolysis) is 1. The largest absolute Gasteiger partial charge is 0.444 e. The molecule has 8 heteroatoms. The Morgan fingerprint density at radius 1 is 1.03 bits per heavy atom. The third-order valence-electron chi connectivity index (χ3n) is 5.85. The Labute approximate surface area is 200 Å². The van der Waals surface area contributed by atoms with E-state index >= 15 is 0 Å². The van der Waals surface area contributed by atoms with Gasteiger partial charge in [0.1, 0.15) is 5.60 Å². The predicted molar refractivity (Wildman–Crippen MR) is 135 cm³/mol. The molecule has 4 N–H and O–H groups in total. The van der Waals surface area contributed by atoms with Gasteiger partial charge in [-0.15, -0.1) is 24.0 Å². The van der Waals surface area contributed by atoms with E-state index in [0.717, 1.165) is 57.5 Å². The number of carbonyl (C=O) groups excluding carboxylic acids is 1. The Hall–Kier alpha value is -0.770. The van der Waals surface area contributed by atoms with E-state index in [-0.39, 0.29) is 48.1 Å². The number of rotatable bonds is 9. The van der Waals surface area contributed by atoms with Crippen LogP contribution in [0.4, 0.5) is 4.79 Å². The molecule has 1 rings (SSSR count). The summed E-state index contributed by atoms with van der Waals surface area (Å²) in [7, 11) is 0. The smallest absolute Gasteiger partial charge is 0.407 e. The van der Waals surface area contributed by atoms with Crippen LogP contribution in [-0.4, -0.2) is 54.5 Å². The lowest BCUT2D eigenvalue weighted by Crippen LogP contribution is -2.48. The topological polar surface area (TPSA) is 95.0 Å². The summed E-state index contributed by atoms with van der Waals surface area (Å²) in [5, 5.41) is 19.3. The highest BCUT2D eigenvalue weighted by Crippen LogP contribution is 2.30. The average molecular weight is 541 g/mol. The van der Waals surface area contributed by atoms with Crippen LogP contribution in [0.5, 0.6) is 0 Å². The minimum absolute atomic E-state index is 0. The SMILES string of the molecule is CCNC(=NCC(CC)(CC)CCO)NC1CCC(NC(=O)OC(C)(C)C)CC1.I. The first kappa shape index (κ1) is 29.2. The van der Waals surface area contributed by atoms with Crippen molar-refractivity contribution in [3.8, 4) is 0 Å². The molecule has 1 saturated carbocycles. The number of aliphatic imine (C=N–C) groups is 1. The number of ether oxygens (including phenoxy) is 1. The van der Waals surface area contributed by atoms with E-state index in [4.69, 9.17) is 9.73 Å². The molecule has 0 aromatic carbocycles. The van der Waals surface area contributed by atoms with E-state index < -0.39 is 5.60 Å². The van der Waals surface area contributed by atoms with Gasteiger partial charge in [-0.2, -0.15) is 0 Å². The van der Waals surface area contributed by atoms with Gasteiger partial charge >= 0.3 is 6.09 Å². The quantitative estimate of drug-likeness (QED) is 0.200. The monoisotopic (exact) mass is 540 g/mol. The minimum atomic E-state index is -0.470. The first-order valence-corrected chi connectivity index (χ1v) is 11.3. The van der Waals surface area contributed by atoms with Crippen molar-refractivity contribution in [2.24, 2.45) is 10.4 Å². The van der Waals surface area contributed by atoms with Crippen molar-refractivity contribution >= 4 is 36.0 Å². The summed E-state index contributed by atoms with van der Waals surface area (Å²) in [5.41, 5.74) is -0.408. The molecule has 1 amide bonds. The van der Waals surface area contributed by atoms with Gasteiger partial charge in [-0.3, -0.25) is 4.99 Å². The predicted octanol–water partition coefficient (Wildman–Crippen LogP) is 4.18. The summed E-state index contributed by atoms with van der Waals surface area (Å²) < 4.78 is 5.36. The molecule has 0 radical (unpaired) electrons. The summed E-state index contributed by atoms with van der Waals surface area (Å²) in [4.78, 5) is 16.8. The molecule has 1 aliphatic carbocycles. The van der Waals surface area contributed by atoms with Crippen LogP contribution in [0.2, 0.25) is 0 Å². The van der Waals surface area contributed by atoms with Gasteiger partial charge in [0.2, 0.25) is 0 Å². The van der Waals surface area contributed by atoms with Crippen LogP contribution >= 0.6 is 24.0 Å². The number of hydrogen-bond acceptors (Lipinski definition) is 4.